The largest absolute Gasteiger partial charge is 0.351 e. The third kappa shape index (κ3) is 4.39. The molecule has 2 saturated carbocycles. The van der Waals surface area contributed by atoms with Crippen molar-refractivity contribution < 1.29 is 18.8 Å². The fraction of sp³-hybridized carbons (Fsp3) is 0.607. The number of fused-ring (bicyclic) bond motifs is 3. The Bertz CT molecular complexity index is 1180. The Labute approximate surface area is 211 Å². The van der Waals surface area contributed by atoms with E-state index in [9.17, 15) is 18.8 Å². The first-order chi connectivity index (χ1) is 17.3. The summed E-state index contributed by atoms with van der Waals surface area (Å²) in [6.07, 6.45) is 11.3. The predicted molar refractivity (Wildman–Crippen MR) is 137 cm³/mol. The van der Waals surface area contributed by atoms with E-state index in [1.54, 1.807) is 6.07 Å². The van der Waals surface area contributed by atoms with Crippen molar-refractivity contribution in [3.8, 4) is 0 Å². The van der Waals surface area contributed by atoms with Gasteiger partial charge in [-0.2, -0.15) is 0 Å². The lowest BCUT2D eigenvalue weighted by atomic mass is 9.88. The van der Waals surface area contributed by atoms with Crippen LogP contribution in [-0.2, 0) is 16.1 Å². The Morgan fingerprint density at radius 1 is 1.00 bits per heavy atom. The molecule has 2 aromatic rings. The van der Waals surface area contributed by atoms with Crippen LogP contribution in [0, 0.1) is 5.82 Å². The van der Waals surface area contributed by atoms with Crippen LogP contribution in [0.25, 0.3) is 10.9 Å². The molecule has 1 aromatic carbocycles. The van der Waals surface area contributed by atoms with Gasteiger partial charge in [0.1, 0.15) is 17.1 Å². The molecule has 0 unspecified atom stereocenters. The number of nitrogens with zero attached hydrogens (tertiary/aromatic N) is 2. The van der Waals surface area contributed by atoms with E-state index in [4.69, 9.17) is 0 Å². The van der Waals surface area contributed by atoms with Crippen LogP contribution in [0.3, 0.4) is 0 Å². The van der Waals surface area contributed by atoms with Crippen LogP contribution in [0.2, 0.25) is 0 Å². The maximum atomic E-state index is 14.4. The van der Waals surface area contributed by atoms with Crippen molar-refractivity contribution in [2.24, 2.45) is 0 Å². The van der Waals surface area contributed by atoms with E-state index in [0.717, 1.165) is 64.2 Å². The summed E-state index contributed by atoms with van der Waals surface area (Å²) < 4.78 is 16.1. The maximum Gasteiger partial charge on any atom is 0.273 e. The lowest BCUT2D eigenvalue weighted by Gasteiger charge is -2.48. The van der Waals surface area contributed by atoms with Gasteiger partial charge in [0, 0.05) is 24.4 Å². The standard InChI is InChI=1S/C28H37FN4O3/c1-18(34)30-24-22-16-19(29)14-15-23(22)32-17-28(2,27(36)31-20-10-6-5-7-11-20)33(26(35)25(24)32)21-12-8-3-4-9-13-21/h14-16,20-21H,3-13,17H2,1-2H3,(H,30,34)(H,31,36)/t28-/m1/s1. The molecule has 0 saturated heterocycles. The van der Waals surface area contributed by atoms with Gasteiger partial charge >= 0.3 is 0 Å². The Balaban J connectivity index is 1.64. The molecule has 2 fully saturated rings. The molecule has 5 rings (SSSR count). The molecule has 36 heavy (non-hydrogen) atoms. The minimum Gasteiger partial charge on any atom is -0.351 e. The molecule has 1 atom stereocenters. The van der Waals surface area contributed by atoms with Crippen LogP contribution < -0.4 is 10.6 Å². The third-order valence-corrected chi connectivity index (χ3v) is 8.36. The zero-order valence-electron chi connectivity index (χ0n) is 21.4. The summed E-state index contributed by atoms with van der Waals surface area (Å²) in [4.78, 5) is 42.3. The van der Waals surface area contributed by atoms with Gasteiger partial charge in [0.25, 0.3) is 5.91 Å². The molecule has 3 aliphatic rings. The van der Waals surface area contributed by atoms with Crippen LogP contribution in [-0.4, -0.2) is 44.8 Å². The summed E-state index contributed by atoms with van der Waals surface area (Å²) in [5, 5.41) is 6.56. The number of anilines is 1. The Morgan fingerprint density at radius 3 is 2.31 bits per heavy atom. The monoisotopic (exact) mass is 496 g/mol. The molecular formula is C28H37FN4O3. The number of amides is 3. The van der Waals surface area contributed by atoms with E-state index in [-0.39, 0.29) is 36.3 Å². The Hall–Kier alpha value is -2.90. The molecule has 0 radical (unpaired) electrons. The second kappa shape index (κ2) is 9.87. The fourth-order valence-electron chi connectivity index (χ4n) is 6.59. The smallest absolute Gasteiger partial charge is 0.273 e. The number of carbonyl (C=O) groups is 3. The molecule has 3 amide bonds. The number of hydrogen-bond donors (Lipinski definition) is 2. The first-order valence-electron chi connectivity index (χ1n) is 13.5. The van der Waals surface area contributed by atoms with Gasteiger partial charge in [-0.1, -0.05) is 44.9 Å². The number of aromatic nitrogens is 1. The van der Waals surface area contributed by atoms with Gasteiger partial charge in [0.15, 0.2) is 0 Å². The average Bonchev–Trinajstić information content (AvgIpc) is 2.99. The quantitative estimate of drug-likeness (QED) is 0.576. The lowest BCUT2D eigenvalue weighted by molar-refractivity contribution is -0.135. The summed E-state index contributed by atoms with van der Waals surface area (Å²) in [7, 11) is 0. The zero-order valence-corrected chi connectivity index (χ0v) is 21.4. The van der Waals surface area contributed by atoms with Crippen molar-refractivity contribution in [3.63, 3.8) is 0 Å². The minimum absolute atomic E-state index is 0.0595. The fourth-order valence-corrected chi connectivity index (χ4v) is 6.59. The Morgan fingerprint density at radius 2 is 1.64 bits per heavy atom. The topological polar surface area (TPSA) is 83.4 Å². The maximum absolute atomic E-state index is 14.4. The minimum atomic E-state index is -1.09. The van der Waals surface area contributed by atoms with E-state index in [0.29, 0.717) is 22.3 Å². The second-order valence-corrected chi connectivity index (χ2v) is 11.1. The molecule has 1 aliphatic heterocycles. The summed E-state index contributed by atoms with van der Waals surface area (Å²) in [6.45, 7) is 3.52. The Kier molecular flexibility index (Phi) is 6.79. The van der Waals surface area contributed by atoms with Crippen molar-refractivity contribution in [2.45, 2.75) is 109 Å². The number of nitrogens with one attached hydrogen (secondary N) is 2. The van der Waals surface area contributed by atoms with Crippen LogP contribution in [0.15, 0.2) is 18.2 Å². The highest BCUT2D eigenvalue weighted by Crippen LogP contribution is 2.41. The number of rotatable bonds is 4. The molecule has 1 aromatic heterocycles. The van der Waals surface area contributed by atoms with Crippen LogP contribution >= 0.6 is 0 Å². The second-order valence-electron chi connectivity index (χ2n) is 11.1. The van der Waals surface area contributed by atoms with Crippen LogP contribution in [0.4, 0.5) is 10.1 Å². The predicted octanol–water partition coefficient (Wildman–Crippen LogP) is 5.13. The molecule has 7 nitrogen and oxygen atoms in total. The highest BCUT2D eigenvalue weighted by molar-refractivity contribution is 6.14. The molecule has 2 heterocycles. The summed E-state index contributed by atoms with van der Waals surface area (Å²) in [6, 6.07) is 4.41. The van der Waals surface area contributed by atoms with E-state index < -0.39 is 11.4 Å². The third-order valence-electron chi connectivity index (χ3n) is 8.36. The number of carbonyl (C=O) groups excluding carboxylic acids is 3. The SMILES string of the molecule is CC(=O)Nc1c2n(c3ccc(F)cc13)C[C@](C)(C(=O)NC1CCCCC1)N(C1CCCCCC1)C2=O. The normalized spacial score (nSPS) is 23.9. The van der Waals surface area contributed by atoms with Crippen molar-refractivity contribution in [1.82, 2.24) is 14.8 Å². The molecule has 0 bridgehead atoms. The van der Waals surface area contributed by atoms with Crippen LogP contribution in [0.5, 0.6) is 0 Å². The lowest BCUT2D eigenvalue weighted by Crippen LogP contribution is -2.67. The summed E-state index contributed by atoms with van der Waals surface area (Å²) >= 11 is 0. The highest BCUT2D eigenvalue weighted by Gasteiger charge is 2.51. The first-order valence-corrected chi connectivity index (χ1v) is 13.5. The number of benzene rings is 1. The van der Waals surface area contributed by atoms with Crippen molar-refractivity contribution in [2.75, 3.05) is 5.32 Å². The zero-order chi connectivity index (χ0) is 25.4. The molecule has 8 heteroatoms. The molecule has 194 valence electrons. The summed E-state index contributed by atoms with van der Waals surface area (Å²) in [5.41, 5.74) is 0.207. The highest BCUT2D eigenvalue weighted by atomic mass is 19.1. The van der Waals surface area contributed by atoms with Gasteiger partial charge in [0.05, 0.1) is 17.7 Å². The van der Waals surface area contributed by atoms with E-state index >= 15 is 0 Å². The van der Waals surface area contributed by atoms with Crippen molar-refractivity contribution in [1.29, 1.82) is 0 Å². The van der Waals surface area contributed by atoms with E-state index in [2.05, 4.69) is 10.6 Å². The molecular weight excluding hydrogens is 459 g/mol. The van der Waals surface area contributed by atoms with Crippen molar-refractivity contribution in [3.05, 3.63) is 29.7 Å². The van der Waals surface area contributed by atoms with Gasteiger partial charge in [-0.25, -0.2) is 4.39 Å². The average molecular weight is 497 g/mol. The number of halogens is 1. The molecule has 0 spiro atoms. The van der Waals surface area contributed by atoms with Gasteiger partial charge in [-0.3, -0.25) is 14.4 Å². The molecule has 2 N–H and O–H groups in total. The molecule has 2 aliphatic carbocycles. The first kappa shape index (κ1) is 24.8. The van der Waals surface area contributed by atoms with Crippen molar-refractivity contribution >= 4 is 34.3 Å². The van der Waals surface area contributed by atoms with Crippen LogP contribution in [0.1, 0.15) is 95.0 Å². The van der Waals surface area contributed by atoms with E-state index in [1.807, 2.05) is 16.4 Å². The number of hydrogen-bond acceptors (Lipinski definition) is 3. The van der Waals surface area contributed by atoms with Gasteiger partial charge < -0.3 is 20.1 Å². The van der Waals surface area contributed by atoms with Gasteiger partial charge in [-0.05, 0) is 50.8 Å². The van der Waals surface area contributed by atoms with E-state index in [1.165, 1.54) is 25.5 Å². The summed E-state index contributed by atoms with van der Waals surface area (Å²) in [5.74, 6) is -1.16. The van der Waals surface area contributed by atoms with Gasteiger partial charge in [0.2, 0.25) is 11.8 Å². The van der Waals surface area contributed by atoms with Gasteiger partial charge in [-0.15, -0.1) is 0 Å².